The molecule has 88 valence electrons. The summed E-state index contributed by atoms with van der Waals surface area (Å²) in [6.45, 7) is 0. The Kier molecular flexibility index (Phi) is 5.25. The summed E-state index contributed by atoms with van der Waals surface area (Å²) in [5.41, 5.74) is 0. The molecule has 0 spiro atoms. The third kappa shape index (κ3) is 3.77. The van der Waals surface area contributed by atoms with Crippen LogP contribution in [0.15, 0.2) is 23.1 Å². The van der Waals surface area contributed by atoms with Gasteiger partial charge < -0.3 is 4.74 Å². The van der Waals surface area contributed by atoms with E-state index in [4.69, 9.17) is 23.2 Å². The second kappa shape index (κ2) is 6.23. The molecule has 0 saturated heterocycles. The van der Waals surface area contributed by atoms with E-state index in [-0.39, 0.29) is 18.1 Å². The van der Waals surface area contributed by atoms with E-state index in [0.717, 1.165) is 0 Å². The van der Waals surface area contributed by atoms with Gasteiger partial charge >= 0.3 is 5.97 Å². The molecule has 0 radical (unpaired) electrons. The van der Waals surface area contributed by atoms with Crippen LogP contribution in [0.2, 0.25) is 10.0 Å². The molecular formula is C10H10Cl2O3S. The van der Waals surface area contributed by atoms with Crippen molar-refractivity contribution in [1.82, 2.24) is 0 Å². The van der Waals surface area contributed by atoms with Gasteiger partial charge in [-0.05, 0) is 18.2 Å². The van der Waals surface area contributed by atoms with Crippen molar-refractivity contribution in [3.05, 3.63) is 28.2 Å². The SMILES string of the molecule is COC(=O)CCS(=O)c1ccc(Cl)c(Cl)c1. The fourth-order valence-electron chi connectivity index (χ4n) is 1.01. The Morgan fingerprint density at radius 3 is 2.62 bits per heavy atom. The third-order valence-electron chi connectivity index (χ3n) is 1.87. The number of benzene rings is 1. The topological polar surface area (TPSA) is 43.4 Å². The van der Waals surface area contributed by atoms with Gasteiger partial charge in [-0.3, -0.25) is 9.00 Å². The van der Waals surface area contributed by atoms with Crippen molar-refractivity contribution < 1.29 is 13.7 Å². The molecule has 0 fully saturated rings. The molecule has 0 amide bonds. The Hall–Kier alpha value is -0.580. The quantitative estimate of drug-likeness (QED) is 0.797. The number of hydrogen-bond acceptors (Lipinski definition) is 3. The second-order valence-electron chi connectivity index (χ2n) is 2.95. The minimum absolute atomic E-state index is 0.114. The monoisotopic (exact) mass is 280 g/mol. The molecule has 1 unspecified atom stereocenters. The van der Waals surface area contributed by atoms with E-state index >= 15 is 0 Å². The minimum Gasteiger partial charge on any atom is -0.469 e. The average molecular weight is 281 g/mol. The van der Waals surface area contributed by atoms with Gasteiger partial charge in [0.05, 0.1) is 34.4 Å². The molecule has 0 aliphatic carbocycles. The van der Waals surface area contributed by atoms with Crippen LogP contribution in [0.25, 0.3) is 0 Å². The first kappa shape index (κ1) is 13.5. The number of halogens is 2. The predicted octanol–water partition coefficient (Wildman–Crippen LogP) is 2.66. The lowest BCUT2D eigenvalue weighted by Crippen LogP contribution is -2.07. The van der Waals surface area contributed by atoms with Gasteiger partial charge in [0.25, 0.3) is 0 Å². The Labute approximate surface area is 106 Å². The van der Waals surface area contributed by atoms with Crippen molar-refractivity contribution in [2.75, 3.05) is 12.9 Å². The minimum atomic E-state index is -1.27. The molecule has 0 heterocycles. The van der Waals surface area contributed by atoms with Crippen molar-refractivity contribution in [2.24, 2.45) is 0 Å². The molecule has 1 aromatic rings. The average Bonchev–Trinajstić information content (AvgIpc) is 2.29. The molecule has 1 atom stereocenters. The number of hydrogen-bond donors (Lipinski definition) is 0. The van der Waals surface area contributed by atoms with Gasteiger partial charge in [-0.15, -0.1) is 0 Å². The van der Waals surface area contributed by atoms with E-state index in [1.807, 2.05) is 0 Å². The van der Waals surface area contributed by atoms with Crippen LogP contribution < -0.4 is 0 Å². The summed E-state index contributed by atoms with van der Waals surface area (Å²) in [4.78, 5) is 11.4. The lowest BCUT2D eigenvalue weighted by atomic mass is 10.4. The molecule has 0 aromatic heterocycles. The van der Waals surface area contributed by atoms with Crippen molar-refractivity contribution in [3.8, 4) is 0 Å². The summed E-state index contributed by atoms with van der Waals surface area (Å²) < 4.78 is 16.2. The summed E-state index contributed by atoms with van der Waals surface area (Å²) in [5.74, 6) is -0.168. The van der Waals surface area contributed by atoms with E-state index in [2.05, 4.69) is 4.74 Å². The van der Waals surface area contributed by atoms with Gasteiger partial charge in [-0.1, -0.05) is 23.2 Å². The number of carbonyl (C=O) groups excluding carboxylic acids is 1. The Morgan fingerprint density at radius 1 is 1.38 bits per heavy atom. The zero-order valence-electron chi connectivity index (χ0n) is 8.54. The number of esters is 1. The zero-order valence-corrected chi connectivity index (χ0v) is 10.9. The first-order chi connectivity index (χ1) is 7.54. The highest BCUT2D eigenvalue weighted by Gasteiger charge is 2.09. The molecule has 0 aliphatic heterocycles. The summed E-state index contributed by atoms with van der Waals surface area (Å²) in [6, 6.07) is 4.74. The lowest BCUT2D eigenvalue weighted by molar-refractivity contribution is -0.140. The van der Waals surface area contributed by atoms with E-state index in [9.17, 15) is 9.00 Å². The largest absolute Gasteiger partial charge is 0.469 e. The Morgan fingerprint density at radius 2 is 2.06 bits per heavy atom. The highest BCUT2D eigenvalue weighted by atomic mass is 35.5. The summed E-state index contributed by atoms with van der Waals surface area (Å²) in [7, 11) is 0.0280. The van der Waals surface area contributed by atoms with Gasteiger partial charge in [0, 0.05) is 10.6 Å². The summed E-state index contributed by atoms with van der Waals surface area (Å²) in [5, 5.41) is 0.765. The number of methoxy groups -OCH3 is 1. The Bertz CT molecular complexity index is 421. The predicted molar refractivity (Wildman–Crippen MR) is 64.4 cm³/mol. The van der Waals surface area contributed by atoms with Gasteiger partial charge in [-0.25, -0.2) is 0 Å². The fourth-order valence-corrected chi connectivity index (χ4v) is 2.43. The molecule has 16 heavy (non-hydrogen) atoms. The molecule has 0 bridgehead atoms. The Balaban J connectivity index is 2.66. The van der Waals surface area contributed by atoms with Crippen molar-refractivity contribution in [2.45, 2.75) is 11.3 Å². The van der Waals surface area contributed by atoms with Gasteiger partial charge in [0.1, 0.15) is 0 Å². The maximum atomic E-state index is 11.7. The zero-order chi connectivity index (χ0) is 12.1. The molecule has 0 aliphatic rings. The highest BCUT2D eigenvalue weighted by Crippen LogP contribution is 2.24. The smallest absolute Gasteiger partial charge is 0.306 e. The third-order valence-corrected chi connectivity index (χ3v) is 3.97. The maximum Gasteiger partial charge on any atom is 0.306 e. The number of ether oxygens (including phenoxy) is 1. The molecule has 6 heteroatoms. The fraction of sp³-hybridized carbons (Fsp3) is 0.300. The van der Waals surface area contributed by atoms with Crippen LogP contribution in [0, 0.1) is 0 Å². The van der Waals surface area contributed by atoms with Crippen LogP contribution in [-0.4, -0.2) is 23.0 Å². The highest BCUT2D eigenvalue weighted by molar-refractivity contribution is 7.85. The number of carbonyl (C=O) groups is 1. The van der Waals surface area contributed by atoms with Gasteiger partial charge in [-0.2, -0.15) is 0 Å². The molecule has 3 nitrogen and oxygen atoms in total. The first-order valence-electron chi connectivity index (χ1n) is 4.45. The van der Waals surface area contributed by atoms with Crippen molar-refractivity contribution in [3.63, 3.8) is 0 Å². The molecule has 0 saturated carbocycles. The van der Waals surface area contributed by atoms with Crippen LogP contribution in [0.3, 0.4) is 0 Å². The van der Waals surface area contributed by atoms with Crippen LogP contribution in [0.4, 0.5) is 0 Å². The molecule has 1 aromatic carbocycles. The van der Waals surface area contributed by atoms with Crippen molar-refractivity contribution >= 4 is 40.0 Å². The van der Waals surface area contributed by atoms with E-state index in [0.29, 0.717) is 14.9 Å². The van der Waals surface area contributed by atoms with E-state index < -0.39 is 10.8 Å². The number of rotatable bonds is 4. The molecule has 1 rings (SSSR count). The van der Waals surface area contributed by atoms with Gasteiger partial charge in [0.15, 0.2) is 0 Å². The first-order valence-corrected chi connectivity index (χ1v) is 6.52. The normalized spacial score (nSPS) is 12.2. The lowest BCUT2D eigenvalue weighted by Gasteiger charge is -2.03. The summed E-state index contributed by atoms with van der Waals surface area (Å²) in [6.07, 6.45) is 0.114. The van der Waals surface area contributed by atoms with Crippen LogP contribution in [0.5, 0.6) is 0 Å². The molecule has 0 N–H and O–H groups in total. The molecular weight excluding hydrogens is 271 g/mol. The second-order valence-corrected chi connectivity index (χ2v) is 5.34. The maximum absolute atomic E-state index is 11.7. The van der Waals surface area contributed by atoms with E-state index in [1.54, 1.807) is 12.1 Å². The summed E-state index contributed by atoms with van der Waals surface area (Å²) >= 11 is 11.5. The standard InChI is InChI=1S/C10H10Cl2O3S/c1-15-10(13)4-5-16(14)7-2-3-8(11)9(12)6-7/h2-3,6H,4-5H2,1H3. The van der Waals surface area contributed by atoms with Crippen LogP contribution >= 0.6 is 23.2 Å². The van der Waals surface area contributed by atoms with Crippen LogP contribution in [0.1, 0.15) is 6.42 Å². The van der Waals surface area contributed by atoms with Gasteiger partial charge in [0.2, 0.25) is 0 Å². The van der Waals surface area contributed by atoms with Crippen LogP contribution in [-0.2, 0) is 20.3 Å². The van der Waals surface area contributed by atoms with E-state index in [1.165, 1.54) is 13.2 Å². The van der Waals surface area contributed by atoms with Crippen molar-refractivity contribution in [1.29, 1.82) is 0 Å².